The van der Waals surface area contributed by atoms with Gasteiger partial charge in [-0.15, -0.1) is 0 Å². The zero-order valence-corrected chi connectivity index (χ0v) is 17.4. The first-order chi connectivity index (χ1) is 12.1. The normalized spacial score (nSPS) is 12.2. The molecule has 0 saturated carbocycles. The van der Waals surface area contributed by atoms with Crippen LogP contribution in [0.15, 0.2) is 56.7 Å². The zero-order valence-electron chi connectivity index (χ0n) is 14.1. The molecule has 26 heavy (non-hydrogen) atoms. The average molecular weight is 465 g/mol. The van der Waals surface area contributed by atoms with Crippen LogP contribution in [0, 0.1) is 0 Å². The number of sulfonamides is 2. The van der Waals surface area contributed by atoms with Crippen molar-refractivity contribution >= 4 is 41.7 Å². The quantitative estimate of drug-likeness (QED) is 0.631. The number of hydroxylamine groups is 1. The summed E-state index contributed by atoms with van der Waals surface area (Å²) in [5.74, 6) is 0.501. The fourth-order valence-electron chi connectivity index (χ4n) is 1.97. The minimum Gasteiger partial charge on any atom is -0.496 e. The van der Waals surface area contributed by atoms with E-state index in [1.807, 2.05) is 0 Å². The van der Waals surface area contributed by atoms with Crippen LogP contribution in [0.25, 0.3) is 0 Å². The molecule has 0 atom stereocenters. The maximum absolute atomic E-state index is 12.5. The average Bonchev–Trinajstić information content (AvgIpc) is 2.61. The van der Waals surface area contributed by atoms with Crippen LogP contribution in [0.2, 0.25) is 0 Å². The number of hydrogen-bond acceptors (Lipinski definition) is 6. The highest BCUT2D eigenvalue weighted by molar-refractivity contribution is 9.10. The first kappa shape index (κ1) is 20.6. The van der Waals surface area contributed by atoms with Gasteiger partial charge in [-0.3, -0.25) is 9.56 Å². The van der Waals surface area contributed by atoms with Crippen LogP contribution < -0.4 is 9.46 Å². The molecule has 0 heterocycles. The molecule has 11 heteroatoms. The molecule has 0 aliphatic heterocycles. The molecule has 0 spiro atoms. The third-order valence-electron chi connectivity index (χ3n) is 3.43. The van der Waals surface area contributed by atoms with Crippen molar-refractivity contribution in [2.24, 2.45) is 0 Å². The van der Waals surface area contributed by atoms with Gasteiger partial charge in [0.25, 0.3) is 20.0 Å². The number of halogens is 1. The summed E-state index contributed by atoms with van der Waals surface area (Å²) in [7, 11) is -3.69. The molecule has 0 aromatic heterocycles. The van der Waals surface area contributed by atoms with E-state index in [4.69, 9.17) is 4.74 Å². The maximum Gasteiger partial charge on any atom is 0.264 e. The predicted octanol–water partition coefficient (Wildman–Crippen LogP) is 2.44. The van der Waals surface area contributed by atoms with E-state index in [1.54, 1.807) is 0 Å². The molecule has 0 amide bonds. The van der Waals surface area contributed by atoms with Crippen LogP contribution in [-0.2, 0) is 24.9 Å². The van der Waals surface area contributed by atoms with E-state index in [9.17, 15) is 16.8 Å². The first-order valence-electron chi connectivity index (χ1n) is 7.11. The molecule has 0 unspecified atom stereocenters. The third kappa shape index (κ3) is 4.35. The second-order valence-corrected chi connectivity index (χ2v) is 9.50. The molecule has 0 fully saturated rings. The zero-order chi connectivity index (χ0) is 19.5. The lowest BCUT2D eigenvalue weighted by molar-refractivity contribution is -0.0258. The van der Waals surface area contributed by atoms with Crippen molar-refractivity contribution in [3.63, 3.8) is 0 Å². The lowest BCUT2D eigenvalue weighted by Crippen LogP contribution is -2.25. The Kier molecular flexibility index (Phi) is 6.29. The second-order valence-electron chi connectivity index (χ2n) is 5.02. The van der Waals surface area contributed by atoms with Gasteiger partial charge in [-0.05, 0) is 58.4 Å². The Morgan fingerprint density at radius 2 is 1.54 bits per heavy atom. The minimum absolute atomic E-state index is 0.0287. The number of benzene rings is 2. The lowest BCUT2D eigenvalue weighted by atomic mass is 10.3. The van der Waals surface area contributed by atoms with Crippen molar-refractivity contribution in [1.29, 1.82) is 0 Å². The van der Waals surface area contributed by atoms with Crippen LogP contribution in [-0.4, -0.2) is 42.6 Å². The number of hydrogen-bond donors (Lipinski definition) is 1. The Hall–Kier alpha value is -1.66. The Bertz CT molecular complexity index is 991. The molecular formula is C15H17BrN2O6S2. The van der Waals surface area contributed by atoms with E-state index in [0.717, 1.165) is 0 Å². The van der Waals surface area contributed by atoms with E-state index >= 15 is 0 Å². The number of nitrogens with zero attached hydrogens (tertiary/aromatic N) is 1. The van der Waals surface area contributed by atoms with Crippen molar-refractivity contribution < 1.29 is 26.4 Å². The molecule has 142 valence electrons. The summed E-state index contributed by atoms with van der Waals surface area (Å²) in [6, 6.07) is 9.61. The summed E-state index contributed by atoms with van der Waals surface area (Å²) in [6.45, 7) is 0. The molecule has 2 aromatic carbocycles. The number of nitrogens with one attached hydrogen (secondary N) is 1. The molecule has 0 bridgehead atoms. The van der Waals surface area contributed by atoms with Gasteiger partial charge in [0, 0.05) is 12.7 Å². The Morgan fingerprint density at radius 3 is 2.04 bits per heavy atom. The first-order valence-corrected chi connectivity index (χ1v) is 10.8. The molecule has 1 N–H and O–H groups in total. The standard InChI is InChI=1S/C15H17BrN2O6S2/c1-18(24-3)26(21,22)12-6-4-11(5-7-12)17-25(19,20)13-8-9-15(23-2)14(16)10-13/h4-10,17H,1-3H3. The number of rotatable bonds is 7. The van der Waals surface area contributed by atoms with Gasteiger partial charge in [0.2, 0.25) is 0 Å². The van der Waals surface area contributed by atoms with Gasteiger partial charge in [-0.2, -0.15) is 0 Å². The number of ether oxygens (including phenoxy) is 1. The fourth-order valence-corrected chi connectivity index (χ4v) is 4.72. The van der Waals surface area contributed by atoms with Gasteiger partial charge in [0.05, 0.1) is 28.5 Å². The van der Waals surface area contributed by atoms with Gasteiger partial charge in [0.1, 0.15) is 5.75 Å². The molecule has 0 saturated heterocycles. The van der Waals surface area contributed by atoms with E-state index < -0.39 is 20.0 Å². The highest BCUT2D eigenvalue weighted by atomic mass is 79.9. The van der Waals surface area contributed by atoms with Crippen LogP contribution >= 0.6 is 15.9 Å². The topological polar surface area (TPSA) is 102 Å². The predicted molar refractivity (Wildman–Crippen MR) is 99.9 cm³/mol. The van der Waals surface area contributed by atoms with E-state index in [0.29, 0.717) is 14.7 Å². The van der Waals surface area contributed by atoms with Crippen LogP contribution in [0.5, 0.6) is 5.75 Å². The largest absolute Gasteiger partial charge is 0.496 e. The molecule has 8 nitrogen and oxygen atoms in total. The van der Waals surface area contributed by atoms with Crippen molar-refractivity contribution in [2.75, 3.05) is 26.0 Å². The number of methoxy groups -OCH3 is 1. The van der Waals surface area contributed by atoms with Crippen molar-refractivity contribution in [1.82, 2.24) is 4.47 Å². The lowest BCUT2D eigenvalue weighted by Gasteiger charge is -2.14. The second kappa shape index (κ2) is 7.92. The molecule has 2 rings (SSSR count). The Labute approximate surface area is 160 Å². The van der Waals surface area contributed by atoms with Gasteiger partial charge in [-0.25, -0.2) is 16.8 Å². The summed E-state index contributed by atoms with van der Waals surface area (Å²) < 4.78 is 57.9. The highest BCUT2D eigenvalue weighted by Gasteiger charge is 2.21. The van der Waals surface area contributed by atoms with Gasteiger partial charge in [-0.1, -0.05) is 4.47 Å². The van der Waals surface area contributed by atoms with Gasteiger partial charge >= 0.3 is 0 Å². The monoisotopic (exact) mass is 464 g/mol. The van der Waals surface area contributed by atoms with E-state index in [2.05, 4.69) is 25.5 Å². The summed E-state index contributed by atoms with van der Waals surface area (Å²) in [4.78, 5) is 4.69. The third-order valence-corrected chi connectivity index (χ3v) is 7.13. The molecular weight excluding hydrogens is 448 g/mol. The van der Waals surface area contributed by atoms with Gasteiger partial charge in [0.15, 0.2) is 0 Å². The van der Waals surface area contributed by atoms with Crippen LogP contribution in [0.3, 0.4) is 0 Å². The highest BCUT2D eigenvalue weighted by Crippen LogP contribution is 2.28. The van der Waals surface area contributed by atoms with E-state index in [1.165, 1.54) is 63.7 Å². The summed E-state index contributed by atoms with van der Waals surface area (Å²) in [5, 5.41) is 0. The molecule has 0 aliphatic rings. The van der Waals surface area contributed by atoms with Crippen molar-refractivity contribution in [3.8, 4) is 5.75 Å². The summed E-state index contributed by atoms with van der Waals surface area (Å²) in [5.41, 5.74) is 0.218. The van der Waals surface area contributed by atoms with Crippen molar-refractivity contribution in [2.45, 2.75) is 9.79 Å². The minimum atomic E-state index is -3.85. The molecule has 0 aliphatic carbocycles. The smallest absolute Gasteiger partial charge is 0.264 e. The van der Waals surface area contributed by atoms with Crippen LogP contribution in [0.4, 0.5) is 5.69 Å². The number of anilines is 1. The molecule has 2 aromatic rings. The Balaban J connectivity index is 2.27. The fraction of sp³-hybridized carbons (Fsp3) is 0.200. The molecule has 0 radical (unpaired) electrons. The van der Waals surface area contributed by atoms with E-state index in [-0.39, 0.29) is 15.5 Å². The van der Waals surface area contributed by atoms with Crippen LogP contribution in [0.1, 0.15) is 0 Å². The Morgan fingerprint density at radius 1 is 0.962 bits per heavy atom. The maximum atomic E-state index is 12.5. The SMILES string of the molecule is COc1ccc(S(=O)(=O)Nc2ccc(S(=O)(=O)N(C)OC)cc2)cc1Br. The summed E-state index contributed by atoms with van der Waals surface area (Å²) in [6.07, 6.45) is 0. The van der Waals surface area contributed by atoms with Crippen molar-refractivity contribution in [3.05, 3.63) is 46.9 Å². The summed E-state index contributed by atoms with van der Waals surface area (Å²) >= 11 is 3.24. The van der Waals surface area contributed by atoms with Gasteiger partial charge < -0.3 is 4.74 Å².